The van der Waals surface area contributed by atoms with Crippen LogP contribution in [0.5, 0.6) is 0 Å². The topological polar surface area (TPSA) is 0 Å². The predicted molar refractivity (Wildman–Crippen MR) is 76.2 cm³/mol. The zero-order valence-corrected chi connectivity index (χ0v) is 12.0. The third-order valence-corrected chi connectivity index (χ3v) is 5.19. The Morgan fingerprint density at radius 1 is 0.882 bits per heavy atom. The van der Waals surface area contributed by atoms with Gasteiger partial charge in [-0.2, -0.15) is 0 Å². The molecule has 0 spiro atoms. The monoisotopic (exact) mass is 234 g/mol. The van der Waals surface area contributed by atoms with Gasteiger partial charge in [-0.1, -0.05) is 50.7 Å². The van der Waals surface area contributed by atoms with Crippen LogP contribution < -0.4 is 0 Å². The van der Waals surface area contributed by atoms with Crippen molar-refractivity contribution in [2.24, 2.45) is 5.41 Å². The van der Waals surface area contributed by atoms with Gasteiger partial charge in [0.1, 0.15) is 0 Å². The average Bonchev–Trinajstić information content (AvgIpc) is 2.40. The third kappa shape index (κ3) is 2.77. The number of hydrogen-bond donors (Lipinski definition) is 0. The number of allylic oxidation sites excluding steroid dienone is 2. The molecule has 0 aromatic carbocycles. The Hall–Kier alpha value is -0.260. The van der Waals surface area contributed by atoms with Crippen LogP contribution in [0.25, 0.3) is 0 Å². The molecule has 0 nitrogen and oxygen atoms in total. The molecule has 0 radical (unpaired) electrons. The molecule has 2 aliphatic rings. The van der Waals surface area contributed by atoms with E-state index in [2.05, 4.69) is 13.8 Å². The van der Waals surface area contributed by atoms with Crippen LogP contribution in [0.2, 0.25) is 0 Å². The lowest BCUT2D eigenvalue weighted by molar-refractivity contribution is 0.206. The lowest BCUT2D eigenvalue weighted by Gasteiger charge is -2.43. The highest BCUT2D eigenvalue weighted by Gasteiger charge is 2.36. The van der Waals surface area contributed by atoms with Gasteiger partial charge in [-0.3, -0.25) is 0 Å². The first-order valence-corrected chi connectivity index (χ1v) is 8.04. The number of hydrogen-bond acceptors (Lipinski definition) is 0. The van der Waals surface area contributed by atoms with Gasteiger partial charge >= 0.3 is 0 Å². The molecular weight excluding hydrogens is 204 g/mol. The standard InChI is InChI=1S/C17H30/c1-3-12-17(13-8-5-9-14-17)16-11-7-6-10-15(16)4-2/h3-14H2,1-2H3. The summed E-state index contributed by atoms with van der Waals surface area (Å²) < 4.78 is 0. The van der Waals surface area contributed by atoms with Crippen LogP contribution in [0.4, 0.5) is 0 Å². The summed E-state index contributed by atoms with van der Waals surface area (Å²) in [4.78, 5) is 0. The Bertz CT molecular complexity index is 260. The van der Waals surface area contributed by atoms with Crippen molar-refractivity contribution in [1.29, 1.82) is 0 Å². The zero-order chi connectivity index (χ0) is 12.1. The minimum absolute atomic E-state index is 0.652. The van der Waals surface area contributed by atoms with Gasteiger partial charge in [-0.25, -0.2) is 0 Å². The molecule has 0 aliphatic heterocycles. The first-order valence-electron chi connectivity index (χ1n) is 8.04. The predicted octanol–water partition coefficient (Wildman–Crippen LogP) is 6.02. The van der Waals surface area contributed by atoms with E-state index in [9.17, 15) is 0 Å². The molecule has 0 bridgehead atoms. The highest BCUT2D eigenvalue weighted by molar-refractivity contribution is 5.25. The van der Waals surface area contributed by atoms with Crippen LogP contribution in [0, 0.1) is 5.41 Å². The molecule has 0 saturated heterocycles. The fraction of sp³-hybridized carbons (Fsp3) is 0.882. The fourth-order valence-electron chi connectivity index (χ4n) is 4.41. The van der Waals surface area contributed by atoms with E-state index in [1.165, 1.54) is 77.0 Å². The molecule has 2 rings (SSSR count). The van der Waals surface area contributed by atoms with E-state index in [4.69, 9.17) is 0 Å². The summed E-state index contributed by atoms with van der Waals surface area (Å²) >= 11 is 0. The lowest BCUT2D eigenvalue weighted by Crippen LogP contribution is -2.28. The van der Waals surface area contributed by atoms with Gasteiger partial charge in [-0.05, 0) is 56.8 Å². The van der Waals surface area contributed by atoms with Crippen LogP contribution in [0.3, 0.4) is 0 Å². The maximum Gasteiger partial charge on any atom is -0.00855 e. The summed E-state index contributed by atoms with van der Waals surface area (Å²) in [7, 11) is 0. The van der Waals surface area contributed by atoms with Crippen molar-refractivity contribution in [3.63, 3.8) is 0 Å². The van der Waals surface area contributed by atoms with Crippen molar-refractivity contribution in [3.05, 3.63) is 11.1 Å². The first kappa shape index (κ1) is 13.2. The molecule has 0 amide bonds. The third-order valence-electron chi connectivity index (χ3n) is 5.19. The second-order valence-corrected chi connectivity index (χ2v) is 6.23. The highest BCUT2D eigenvalue weighted by Crippen LogP contribution is 2.50. The Kier molecular flexibility index (Phi) is 4.70. The van der Waals surface area contributed by atoms with Gasteiger partial charge in [0.25, 0.3) is 0 Å². The van der Waals surface area contributed by atoms with Crippen molar-refractivity contribution >= 4 is 0 Å². The first-order chi connectivity index (χ1) is 8.32. The minimum atomic E-state index is 0.652. The largest absolute Gasteiger partial charge is 0.0707 e. The van der Waals surface area contributed by atoms with Crippen molar-refractivity contribution in [2.75, 3.05) is 0 Å². The molecule has 0 unspecified atom stereocenters. The molecule has 1 saturated carbocycles. The molecular formula is C17H30. The van der Waals surface area contributed by atoms with E-state index in [1.807, 2.05) is 11.1 Å². The molecule has 0 aromatic rings. The molecule has 1 fully saturated rings. The summed E-state index contributed by atoms with van der Waals surface area (Å²) in [6, 6.07) is 0. The van der Waals surface area contributed by atoms with Crippen molar-refractivity contribution in [2.45, 2.75) is 90.9 Å². The van der Waals surface area contributed by atoms with Crippen LogP contribution in [0.15, 0.2) is 11.1 Å². The molecule has 0 heterocycles. The zero-order valence-electron chi connectivity index (χ0n) is 12.0. The fourth-order valence-corrected chi connectivity index (χ4v) is 4.41. The van der Waals surface area contributed by atoms with E-state index < -0.39 is 0 Å². The molecule has 0 heteroatoms. The Labute approximate surface area is 108 Å². The summed E-state index contributed by atoms with van der Waals surface area (Å²) in [5, 5.41) is 0. The van der Waals surface area contributed by atoms with E-state index in [0.717, 1.165) is 0 Å². The summed E-state index contributed by atoms with van der Waals surface area (Å²) in [6.07, 6.45) is 17.4. The second kappa shape index (κ2) is 6.07. The summed E-state index contributed by atoms with van der Waals surface area (Å²) in [6.45, 7) is 4.76. The minimum Gasteiger partial charge on any atom is -0.0707 e. The summed E-state index contributed by atoms with van der Waals surface area (Å²) in [5.41, 5.74) is 4.44. The number of rotatable bonds is 4. The van der Waals surface area contributed by atoms with Crippen molar-refractivity contribution in [3.8, 4) is 0 Å². The molecule has 98 valence electrons. The second-order valence-electron chi connectivity index (χ2n) is 6.23. The van der Waals surface area contributed by atoms with Crippen molar-refractivity contribution in [1.82, 2.24) is 0 Å². The van der Waals surface area contributed by atoms with Gasteiger partial charge in [-0.15, -0.1) is 0 Å². The van der Waals surface area contributed by atoms with Gasteiger partial charge < -0.3 is 0 Å². The smallest absolute Gasteiger partial charge is 0.00855 e. The molecule has 0 atom stereocenters. The van der Waals surface area contributed by atoms with Gasteiger partial charge in [0.15, 0.2) is 0 Å². The lowest BCUT2D eigenvalue weighted by atomic mass is 9.62. The van der Waals surface area contributed by atoms with Crippen LogP contribution in [-0.4, -0.2) is 0 Å². The van der Waals surface area contributed by atoms with Crippen molar-refractivity contribution < 1.29 is 0 Å². The average molecular weight is 234 g/mol. The maximum atomic E-state index is 2.38. The van der Waals surface area contributed by atoms with Crippen LogP contribution in [0.1, 0.15) is 90.9 Å². The molecule has 0 aromatic heterocycles. The molecule has 17 heavy (non-hydrogen) atoms. The van der Waals surface area contributed by atoms with E-state index >= 15 is 0 Å². The summed E-state index contributed by atoms with van der Waals surface area (Å²) in [5.74, 6) is 0. The highest BCUT2D eigenvalue weighted by atomic mass is 14.4. The Morgan fingerprint density at radius 3 is 2.24 bits per heavy atom. The van der Waals surface area contributed by atoms with E-state index in [-0.39, 0.29) is 0 Å². The van der Waals surface area contributed by atoms with Crippen LogP contribution >= 0.6 is 0 Å². The quantitative estimate of drug-likeness (QED) is 0.522. The Morgan fingerprint density at radius 2 is 1.59 bits per heavy atom. The Balaban J connectivity index is 2.26. The van der Waals surface area contributed by atoms with Crippen LogP contribution in [-0.2, 0) is 0 Å². The van der Waals surface area contributed by atoms with E-state index in [1.54, 1.807) is 0 Å². The van der Waals surface area contributed by atoms with E-state index in [0.29, 0.717) is 5.41 Å². The SMILES string of the molecule is CCCC1(C2=C(CC)CCCC2)CCCCC1. The van der Waals surface area contributed by atoms with Gasteiger partial charge in [0, 0.05) is 0 Å². The molecule has 2 aliphatic carbocycles. The molecule has 0 N–H and O–H groups in total. The normalized spacial score (nSPS) is 25.1. The maximum absolute atomic E-state index is 2.38. The van der Waals surface area contributed by atoms with Gasteiger partial charge in [0.05, 0.1) is 0 Å². The van der Waals surface area contributed by atoms with Gasteiger partial charge in [0.2, 0.25) is 0 Å².